The summed E-state index contributed by atoms with van der Waals surface area (Å²) in [5, 5.41) is 10.9. The van der Waals surface area contributed by atoms with Crippen molar-refractivity contribution in [1.82, 2.24) is 15.5 Å². The molecule has 0 aliphatic carbocycles. The van der Waals surface area contributed by atoms with Crippen molar-refractivity contribution in [1.29, 1.82) is 0 Å². The summed E-state index contributed by atoms with van der Waals surface area (Å²) in [7, 11) is 4.51. The predicted octanol–water partition coefficient (Wildman–Crippen LogP) is 4.14. The SMILES string of the molecule is COC(=O)NC1=Nc2cc(-c3cc(Cc4n[nH]c(=O)c5ccccc45)cc(OC)c3OC)ccc2C1. The third-order valence-electron chi connectivity index (χ3n) is 6.13. The van der Waals surface area contributed by atoms with Gasteiger partial charge in [0.1, 0.15) is 5.84 Å². The third kappa shape index (κ3) is 4.26. The van der Waals surface area contributed by atoms with Crippen LogP contribution in [0.4, 0.5) is 10.5 Å². The van der Waals surface area contributed by atoms with E-state index in [9.17, 15) is 9.59 Å². The number of amides is 1. The van der Waals surface area contributed by atoms with Gasteiger partial charge in [0.15, 0.2) is 11.5 Å². The minimum atomic E-state index is -0.552. The smallest absolute Gasteiger partial charge is 0.412 e. The number of carbonyl (C=O) groups is 1. The summed E-state index contributed by atoms with van der Waals surface area (Å²) in [5.74, 6) is 1.70. The molecular weight excluding hydrogens is 460 g/mol. The van der Waals surface area contributed by atoms with Gasteiger partial charge in [-0.25, -0.2) is 14.9 Å². The predicted molar refractivity (Wildman–Crippen MR) is 136 cm³/mol. The minimum absolute atomic E-state index is 0.220. The standard InChI is InChI=1S/C27H24N4O5/c1-34-23-12-15(11-22-18-6-4-5-7-19(18)26(32)31-30-22)10-20(25(23)35-2)16-8-9-17-14-24(28-21(17)13-16)29-27(33)36-3/h4-10,12-13H,11,14H2,1-3H3,(H,31,32)(H,28,29,33). The maximum Gasteiger partial charge on any atom is 0.412 e. The number of hydrogen-bond donors (Lipinski definition) is 2. The van der Waals surface area contributed by atoms with E-state index >= 15 is 0 Å². The van der Waals surface area contributed by atoms with E-state index in [4.69, 9.17) is 9.47 Å². The summed E-state index contributed by atoms with van der Waals surface area (Å²) in [6.45, 7) is 0. The first-order valence-electron chi connectivity index (χ1n) is 11.3. The first kappa shape index (κ1) is 23.1. The Bertz CT molecular complexity index is 1570. The number of ether oxygens (including phenoxy) is 3. The molecule has 36 heavy (non-hydrogen) atoms. The van der Waals surface area contributed by atoms with Crippen LogP contribution < -0.4 is 20.3 Å². The van der Waals surface area contributed by atoms with Crippen LogP contribution in [0.5, 0.6) is 11.5 Å². The highest BCUT2D eigenvalue weighted by atomic mass is 16.5. The number of rotatable bonds is 5. The van der Waals surface area contributed by atoms with Gasteiger partial charge in [0, 0.05) is 23.8 Å². The maximum absolute atomic E-state index is 12.2. The van der Waals surface area contributed by atoms with Gasteiger partial charge in [-0.3, -0.25) is 10.1 Å². The van der Waals surface area contributed by atoms with E-state index in [1.807, 2.05) is 48.5 Å². The number of alkyl carbamates (subject to hydrolysis) is 1. The van der Waals surface area contributed by atoms with Crippen LogP contribution in [0.15, 0.2) is 64.4 Å². The first-order chi connectivity index (χ1) is 17.5. The zero-order valence-electron chi connectivity index (χ0n) is 20.0. The molecule has 1 aromatic heterocycles. The van der Waals surface area contributed by atoms with E-state index in [1.165, 1.54) is 7.11 Å². The van der Waals surface area contributed by atoms with Crippen molar-refractivity contribution in [2.75, 3.05) is 21.3 Å². The monoisotopic (exact) mass is 484 g/mol. The number of nitrogens with one attached hydrogen (secondary N) is 2. The van der Waals surface area contributed by atoms with Crippen molar-refractivity contribution in [2.24, 2.45) is 4.99 Å². The highest BCUT2D eigenvalue weighted by Gasteiger charge is 2.20. The molecule has 2 N–H and O–H groups in total. The van der Waals surface area contributed by atoms with E-state index in [2.05, 4.69) is 25.2 Å². The van der Waals surface area contributed by atoms with Crippen LogP contribution in [0.25, 0.3) is 21.9 Å². The van der Waals surface area contributed by atoms with Gasteiger partial charge in [-0.15, -0.1) is 0 Å². The van der Waals surface area contributed by atoms with Crippen LogP contribution in [0, 0.1) is 0 Å². The number of nitrogens with zero attached hydrogens (tertiary/aromatic N) is 2. The Labute approximate surface area is 206 Å². The Hall–Kier alpha value is -4.66. The zero-order valence-corrected chi connectivity index (χ0v) is 20.0. The van der Waals surface area contributed by atoms with Gasteiger partial charge >= 0.3 is 6.09 Å². The minimum Gasteiger partial charge on any atom is -0.493 e. The lowest BCUT2D eigenvalue weighted by Gasteiger charge is -2.16. The van der Waals surface area contributed by atoms with Gasteiger partial charge < -0.3 is 14.2 Å². The van der Waals surface area contributed by atoms with Crippen LogP contribution in [0.2, 0.25) is 0 Å². The quantitative estimate of drug-likeness (QED) is 0.440. The lowest BCUT2D eigenvalue weighted by molar-refractivity contribution is 0.176. The van der Waals surface area contributed by atoms with Gasteiger partial charge in [-0.1, -0.05) is 30.3 Å². The third-order valence-corrected chi connectivity index (χ3v) is 6.13. The fourth-order valence-electron chi connectivity index (χ4n) is 4.43. The van der Waals surface area contributed by atoms with Crippen LogP contribution in [0.1, 0.15) is 16.8 Å². The van der Waals surface area contributed by atoms with Crippen LogP contribution in [-0.2, 0) is 17.6 Å². The Balaban J connectivity index is 1.57. The maximum atomic E-state index is 12.2. The number of fused-ring (bicyclic) bond motifs is 2. The fraction of sp³-hybridized carbons (Fsp3) is 0.185. The molecule has 1 amide bonds. The second-order valence-corrected chi connectivity index (χ2v) is 8.30. The highest BCUT2D eigenvalue weighted by molar-refractivity contribution is 6.01. The summed E-state index contributed by atoms with van der Waals surface area (Å²) in [6.07, 6.45) is 0.432. The number of amidine groups is 1. The second kappa shape index (κ2) is 9.53. The summed E-state index contributed by atoms with van der Waals surface area (Å²) >= 11 is 0. The number of benzene rings is 3. The molecule has 0 radical (unpaired) electrons. The lowest BCUT2D eigenvalue weighted by atomic mass is 9.96. The normalized spacial score (nSPS) is 12.1. The fourth-order valence-corrected chi connectivity index (χ4v) is 4.43. The van der Waals surface area contributed by atoms with Gasteiger partial charge in [0.05, 0.1) is 38.1 Å². The molecule has 2 heterocycles. The van der Waals surface area contributed by atoms with Crippen LogP contribution in [0.3, 0.4) is 0 Å². The number of aromatic nitrogens is 2. The Morgan fingerprint density at radius 1 is 1.03 bits per heavy atom. The average molecular weight is 485 g/mol. The molecule has 9 heteroatoms. The molecule has 3 aromatic carbocycles. The second-order valence-electron chi connectivity index (χ2n) is 8.30. The highest BCUT2D eigenvalue weighted by Crippen LogP contribution is 2.42. The molecule has 0 unspecified atom stereocenters. The molecule has 1 aliphatic rings. The summed E-state index contributed by atoms with van der Waals surface area (Å²) in [4.78, 5) is 28.3. The first-order valence-corrected chi connectivity index (χ1v) is 11.3. The van der Waals surface area contributed by atoms with Crippen molar-refractivity contribution in [3.05, 3.63) is 81.8 Å². The van der Waals surface area contributed by atoms with Crippen molar-refractivity contribution < 1.29 is 19.0 Å². The number of hydrogen-bond acceptors (Lipinski definition) is 7. The molecular formula is C27H24N4O5. The summed E-state index contributed by atoms with van der Waals surface area (Å²) in [6, 6.07) is 17.3. The van der Waals surface area contributed by atoms with Crippen molar-refractivity contribution in [3.8, 4) is 22.6 Å². The van der Waals surface area contributed by atoms with Gasteiger partial charge in [-0.2, -0.15) is 5.10 Å². The van der Waals surface area contributed by atoms with E-state index in [1.54, 1.807) is 20.3 Å². The number of aliphatic imine (C=N–C) groups is 1. The zero-order chi connectivity index (χ0) is 25.2. The summed E-state index contributed by atoms with van der Waals surface area (Å²) in [5.41, 5.74) is 4.93. The van der Waals surface area contributed by atoms with E-state index in [0.29, 0.717) is 35.6 Å². The molecule has 182 valence electrons. The van der Waals surface area contributed by atoms with Gasteiger partial charge in [0.25, 0.3) is 5.56 Å². The number of methoxy groups -OCH3 is 3. The Morgan fingerprint density at radius 2 is 1.83 bits per heavy atom. The van der Waals surface area contributed by atoms with E-state index in [0.717, 1.165) is 39.0 Å². The van der Waals surface area contributed by atoms with Crippen molar-refractivity contribution in [2.45, 2.75) is 12.8 Å². The molecule has 0 saturated heterocycles. The molecule has 0 fully saturated rings. The topological polar surface area (TPSA) is 115 Å². The molecule has 0 bridgehead atoms. The number of aromatic amines is 1. The van der Waals surface area contributed by atoms with E-state index < -0.39 is 6.09 Å². The summed E-state index contributed by atoms with van der Waals surface area (Å²) < 4.78 is 16.0. The average Bonchev–Trinajstić information content (AvgIpc) is 3.31. The molecule has 0 atom stereocenters. The molecule has 0 saturated carbocycles. The largest absolute Gasteiger partial charge is 0.493 e. The molecule has 0 spiro atoms. The van der Waals surface area contributed by atoms with E-state index in [-0.39, 0.29) is 5.56 Å². The molecule has 9 nitrogen and oxygen atoms in total. The van der Waals surface area contributed by atoms with Gasteiger partial charge in [0.2, 0.25) is 0 Å². The number of carbonyl (C=O) groups excluding carboxylic acids is 1. The van der Waals surface area contributed by atoms with Crippen LogP contribution in [-0.4, -0.2) is 43.5 Å². The lowest BCUT2D eigenvalue weighted by Crippen LogP contribution is -2.30. The molecule has 4 aromatic rings. The number of H-pyrrole nitrogens is 1. The van der Waals surface area contributed by atoms with Crippen molar-refractivity contribution in [3.63, 3.8) is 0 Å². The molecule has 1 aliphatic heterocycles. The molecule has 5 rings (SSSR count). The van der Waals surface area contributed by atoms with Gasteiger partial charge in [-0.05, 0) is 41.0 Å². The van der Waals surface area contributed by atoms with Crippen molar-refractivity contribution >= 4 is 28.4 Å². The Morgan fingerprint density at radius 3 is 2.58 bits per heavy atom. The van der Waals surface area contributed by atoms with Crippen LogP contribution >= 0.6 is 0 Å². The Kier molecular flexibility index (Phi) is 6.12.